The van der Waals surface area contributed by atoms with Gasteiger partial charge in [0.2, 0.25) is 0 Å². The first kappa shape index (κ1) is 44.0. The predicted molar refractivity (Wildman–Crippen MR) is 184 cm³/mol. The SMILES string of the molecule is C=C(C)C(=C)OCC1CO1.C=C(C)C(=O)O.C=C(C)C(=O)OC.C=C(C)C(=O)OC1CC2CC1C1CCCC21.C=C(C)C(=O)OCCO. The van der Waals surface area contributed by atoms with Crippen molar-refractivity contribution in [2.24, 2.45) is 23.7 Å². The van der Waals surface area contributed by atoms with Crippen molar-refractivity contribution in [3.05, 3.63) is 73.1 Å². The van der Waals surface area contributed by atoms with E-state index in [0.29, 0.717) is 41.1 Å². The Morgan fingerprint density at radius 2 is 1.25 bits per heavy atom. The van der Waals surface area contributed by atoms with Crippen LogP contribution in [0.5, 0.6) is 0 Å². The highest BCUT2D eigenvalue weighted by atomic mass is 16.6. The van der Waals surface area contributed by atoms with E-state index in [2.05, 4.69) is 48.9 Å². The van der Waals surface area contributed by atoms with Crippen LogP contribution in [0, 0.1) is 23.7 Å². The Morgan fingerprint density at radius 1 is 0.729 bits per heavy atom. The van der Waals surface area contributed by atoms with Crippen LogP contribution in [-0.2, 0) is 42.9 Å². The van der Waals surface area contributed by atoms with Gasteiger partial charge in [-0.05, 0) is 89.5 Å². The second-order valence-corrected chi connectivity index (χ2v) is 12.3. The zero-order valence-corrected chi connectivity index (χ0v) is 29.6. The van der Waals surface area contributed by atoms with E-state index in [1.54, 1.807) is 20.8 Å². The van der Waals surface area contributed by atoms with Gasteiger partial charge in [-0.15, -0.1) is 0 Å². The van der Waals surface area contributed by atoms with Crippen molar-refractivity contribution in [3.8, 4) is 0 Å². The zero-order chi connectivity index (χ0) is 37.1. The van der Waals surface area contributed by atoms with Gasteiger partial charge in [0.15, 0.2) is 0 Å². The Hall–Kier alpha value is -3.96. The number of aliphatic hydroxyl groups excluding tert-OH is 1. The molecule has 2 N–H and O–H groups in total. The normalized spacial score (nSPS) is 23.1. The molecule has 4 fully saturated rings. The summed E-state index contributed by atoms with van der Waals surface area (Å²) in [6.07, 6.45) is 7.11. The first-order valence-electron chi connectivity index (χ1n) is 15.9. The Kier molecular flexibility index (Phi) is 20.7. The molecule has 48 heavy (non-hydrogen) atoms. The first-order valence-corrected chi connectivity index (χ1v) is 15.9. The number of methoxy groups -OCH3 is 1. The van der Waals surface area contributed by atoms with Crippen molar-refractivity contribution < 1.29 is 53.1 Å². The number of carboxylic acid groups (broad SMARTS) is 1. The van der Waals surface area contributed by atoms with Gasteiger partial charge in [0.25, 0.3) is 0 Å². The van der Waals surface area contributed by atoms with Crippen LogP contribution in [0.4, 0.5) is 0 Å². The lowest BCUT2D eigenvalue weighted by Crippen LogP contribution is -2.32. The van der Waals surface area contributed by atoms with E-state index >= 15 is 0 Å². The Bertz CT molecular complexity index is 1180. The van der Waals surface area contributed by atoms with Crippen molar-refractivity contribution in [3.63, 3.8) is 0 Å². The second kappa shape index (κ2) is 22.6. The maximum atomic E-state index is 11.5. The highest BCUT2D eigenvalue weighted by molar-refractivity contribution is 5.87. The maximum Gasteiger partial charge on any atom is 0.333 e. The Morgan fingerprint density at radius 3 is 1.65 bits per heavy atom. The van der Waals surface area contributed by atoms with Crippen molar-refractivity contribution in [2.75, 3.05) is 33.5 Å². The lowest BCUT2D eigenvalue weighted by molar-refractivity contribution is -0.148. The predicted octanol–water partition coefficient (Wildman–Crippen LogP) is 5.90. The van der Waals surface area contributed by atoms with Crippen LogP contribution in [0.3, 0.4) is 0 Å². The fourth-order valence-electron chi connectivity index (χ4n) is 5.30. The molecule has 1 heterocycles. The van der Waals surface area contributed by atoms with Gasteiger partial charge in [-0.2, -0.15) is 0 Å². The van der Waals surface area contributed by atoms with E-state index in [9.17, 15) is 19.2 Å². The number of carbonyl (C=O) groups is 4. The molecule has 0 aromatic carbocycles. The molecule has 2 bridgehead atoms. The molecular formula is C37H56O11. The Labute approximate surface area is 286 Å². The molecule has 270 valence electrons. The lowest BCUT2D eigenvalue weighted by atomic mass is 9.80. The van der Waals surface area contributed by atoms with E-state index in [4.69, 9.17) is 24.4 Å². The lowest BCUT2D eigenvalue weighted by Gasteiger charge is -2.31. The zero-order valence-electron chi connectivity index (χ0n) is 29.6. The molecule has 1 saturated heterocycles. The van der Waals surface area contributed by atoms with E-state index < -0.39 is 11.9 Å². The third-order valence-electron chi connectivity index (χ3n) is 7.87. The summed E-state index contributed by atoms with van der Waals surface area (Å²) in [6.45, 7) is 30.4. The summed E-state index contributed by atoms with van der Waals surface area (Å²) in [4.78, 5) is 41.8. The largest absolute Gasteiger partial charge is 0.491 e. The first-order chi connectivity index (χ1) is 22.4. The van der Waals surface area contributed by atoms with Gasteiger partial charge in [-0.3, -0.25) is 0 Å². The quantitative estimate of drug-likeness (QED) is 0.0670. The minimum atomic E-state index is -0.935. The minimum absolute atomic E-state index is 0.0473. The minimum Gasteiger partial charge on any atom is -0.491 e. The van der Waals surface area contributed by atoms with Gasteiger partial charge >= 0.3 is 23.9 Å². The Balaban J connectivity index is 0.000000609. The van der Waals surface area contributed by atoms with Gasteiger partial charge in [0.1, 0.15) is 31.2 Å². The summed E-state index contributed by atoms with van der Waals surface area (Å²) in [5.41, 5.74) is 2.37. The summed E-state index contributed by atoms with van der Waals surface area (Å²) < 4.78 is 24.5. The smallest absolute Gasteiger partial charge is 0.333 e. The molecule has 0 amide bonds. The molecule has 0 aromatic rings. The number of epoxide rings is 1. The van der Waals surface area contributed by atoms with E-state index in [-0.39, 0.29) is 36.8 Å². The number of carboxylic acids is 1. The maximum absolute atomic E-state index is 11.5. The van der Waals surface area contributed by atoms with Crippen LogP contribution in [-0.4, -0.2) is 79.8 Å². The van der Waals surface area contributed by atoms with Crippen molar-refractivity contribution in [2.45, 2.75) is 78.9 Å². The summed E-state index contributed by atoms with van der Waals surface area (Å²) in [5.74, 6) is 2.08. The van der Waals surface area contributed by atoms with Gasteiger partial charge < -0.3 is 33.9 Å². The summed E-state index contributed by atoms with van der Waals surface area (Å²) in [6, 6.07) is 0. The number of aliphatic carboxylic acids is 1. The van der Waals surface area contributed by atoms with Crippen LogP contribution < -0.4 is 0 Å². The number of aliphatic hydroxyl groups is 1. The van der Waals surface area contributed by atoms with Crippen LogP contribution in [0.2, 0.25) is 0 Å². The number of allylic oxidation sites excluding steroid dienone is 1. The van der Waals surface area contributed by atoms with Gasteiger partial charge in [-0.1, -0.05) is 45.9 Å². The van der Waals surface area contributed by atoms with E-state index in [1.165, 1.54) is 39.7 Å². The second-order valence-electron chi connectivity index (χ2n) is 12.3. The monoisotopic (exact) mass is 676 g/mol. The molecule has 4 aliphatic rings. The number of hydrogen-bond donors (Lipinski definition) is 2. The molecule has 3 saturated carbocycles. The number of esters is 3. The van der Waals surface area contributed by atoms with Gasteiger partial charge in [0, 0.05) is 22.3 Å². The fraction of sp³-hybridized carbons (Fsp3) is 0.568. The van der Waals surface area contributed by atoms with Gasteiger partial charge in [0.05, 0.1) is 20.3 Å². The average molecular weight is 677 g/mol. The number of ether oxygens (including phenoxy) is 5. The molecule has 0 spiro atoms. The van der Waals surface area contributed by atoms with Crippen LogP contribution in [0.1, 0.15) is 66.7 Å². The molecule has 3 aliphatic carbocycles. The van der Waals surface area contributed by atoms with Gasteiger partial charge in [-0.25, -0.2) is 19.2 Å². The fourth-order valence-corrected chi connectivity index (χ4v) is 5.30. The highest BCUT2D eigenvalue weighted by Crippen LogP contribution is 2.59. The van der Waals surface area contributed by atoms with E-state index in [1.807, 2.05) is 6.92 Å². The summed E-state index contributed by atoms with van der Waals surface area (Å²) in [5, 5.41) is 16.1. The summed E-state index contributed by atoms with van der Waals surface area (Å²) >= 11 is 0. The molecule has 0 radical (unpaired) electrons. The van der Waals surface area contributed by atoms with Crippen molar-refractivity contribution in [1.29, 1.82) is 0 Å². The molecule has 1 aliphatic heterocycles. The highest BCUT2D eigenvalue weighted by Gasteiger charge is 2.55. The molecule has 11 heteroatoms. The molecular weight excluding hydrogens is 620 g/mol. The van der Waals surface area contributed by atoms with Crippen molar-refractivity contribution >= 4 is 23.9 Å². The third-order valence-corrected chi connectivity index (χ3v) is 7.87. The van der Waals surface area contributed by atoms with Crippen LogP contribution in [0.25, 0.3) is 0 Å². The average Bonchev–Trinajstić information content (AvgIpc) is 3.40. The number of hydrogen-bond acceptors (Lipinski definition) is 10. The number of carbonyl (C=O) groups excluding carboxylic acids is 3. The van der Waals surface area contributed by atoms with Crippen LogP contribution >= 0.6 is 0 Å². The van der Waals surface area contributed by atoms with Crippen molar-refractivity contribution in [1.82, 2.24) is 0 Å². The molecule has 11 nitrogen and oxygen atoms in total. The molecule has 0 aromatic heterocycles. The molecule has 6 unspecified atom stereocenters. The summed E-state index contributed by atoms with van der Waals surface area (Å²) in [7, 11) is 1.33. The van der Waals surface area contributed by atoms with Crippen LogP contribution in [0.15, 0.2) is 73.1 Å². The molecule has 6 atom stereocenters. The van der Waals surface area contributed by atoms with E-state index in [0.717, 1.165) is 36.4 Å². The topological polar surface area (TPSA) is 158 Å². The molecule has 4 rings (SSSR count). The third kappa shape index (κ3) is 17.3. The number of fused-ring (bicyclic) bond motifs is 5. The standard InChI is InChI=1S/C14H20O2.C8H12O2.C6H10O3.C5H8O2.C4H6O2/c1-8(2)14(15)16-13-7-9-6-12(13)11-5-3-4-10(9)11;1-6(2)7(3)9-4-8-5-10-8;1-5(2)6(8)9-4-3-7;1-4(2)5(6)7-3;1-3(2)4(5)6/h9-13H,1,3-7H2,2H3;8H,1,3-5H2,2H3;7H,1,3-4H2,2H3;1H2,2-3H3;1H2,2H3,(H,5,6). The number of rotatable bonds is 11.